The van der Waals surface area contributed by atoms with Crippen molar-refractivity contribution >= 4 is 12.0 Å². The van der Waals surface area contributed by atoms with Crippen LogP contribution in [0.15, 0.2) is 0 Å². The van der Waals surface area contributed by atoms with Crippen LogP contribution in [0.2, 0.25) is 0 Å². The zero-order chi connectivity index (χ0) is 13.3. The number of urea groups is 1. The summed E-state index contributed by atoms with van der Waals surface area (Å²) >= 11 is 0. The fourth-order valence-electron chi connectivity index (χ4n) is 2.79. The molecule has 6 heteroatoms. The summed E-state index contributed by atoms with van der Waals surface area (Å²) in [4.78, 5) is 26.4. The van der Waals surface area contributed by atoms with Gasteiger partial charge in [-0.3, -0.25) is 0 Å². The Morgan fingerprint density at radius 3 is 2.56 bits per heavy atom. The second-order valence-electron chi connectivity index (χ2n) is 5.21. The molecule has 2 heterocycles. The molecule has 0 spiro atoms. The van der Waals surface area contributed by atoms with Crippen molar-refractivity contribution in [1.82, 2.24) is 9.80 Å². The Kier molecular flexibility index (Phi) is 3.75. The Morgan fingerprint density at radius 1 is 1.28 bits per heavy atom. The maximum absolute atomic E-state index is 12.2. The van der Waals surface area contributed by atoms with Crippen LogP contribution in [-0.2, 0) is 4.79 Å². The molecule has 0 aromatic carbocycles. The molecule has 0 bridgehead atoms. The van der Waals surface area contributed by atoms with E-state index in [1.165, 1.54) is 4.90 Å². The van der Waals surface area contributed by atoms with Crippen molar-refractivity contribution in [3.8, 4) is 0 Å². The largest absolute Gasteiger partial charge is 0.480 e. The normalized spacial score (nSPS) is 29.7. The number of amides is 2. The Labute approximate surface area is 106 Å². The van der Waals surface area contributed by atoms with Gasteiger partial charge >= 0.3 is 12.0 Å². The van der Waals surface area contributed by atoms with Crippen LogP contribution in [0.4, 0.5) is 4.79 Å². The summed E-state index contributed by atoms with van der Waals surface area (Å²) in [5, 5.41) is 18.6. The molecule has 0 saturated carbocycles. The molecule has 3 unspecified atom stereocenters. The molecule has 0 aromatic rings. The number of carbonyl (C=O) groups excluding carboxylic acids is 1. The third kappa shape index (κ3) is 2.43. The van der Waals surface area contributed by atoms with Gasteiger partial charge in [0.25, 0.3) is 0 Å². The van der Waals surface area contributed by atoms with Gasteiger partial charge < -0.3 is 20.0 Å². The van der Waals surface area contributed by atoms with Crippen LogP contribution in [0.1, 0.15) is 26.2 Å². The van der Waals surface area contributed by atoms with Gasteiger partial charge in [-0.15, -0.1) is 0 Å². The Bertz CT molecular complexity index is 345. The molecule has 0 aromatic heterocycles. The van der Waals surface area contributed by atoms with Crippen LogP contribution >= 0.6 is 0 Å². The molecule has 18 heavy (non-hydrogen) atoms. The van der Waals surface area contributed by atoms with E-state index in [2.05, 4.69) is 0 Å². The van der Waals surface area contributed by atoms with Crippen LogP contribution in [0.25, 0.3) is 0 Å². The molecule has 0 radical (unpaired) electrons. The lowest BCUT2D eigenvalue weighted by Gasteiger charge is -2.27. The molecule has 6 nitrogen and oxygen atoms in total. The lowest BCUT2D eigenvalue weighted by atomic mass is 10.0. The van der Waals surface area contributed by atoms with Gasteiger partial charge in [0, 0.05) is 25.6 Å². The van der Waals surface area contributed by atoms with Crippen molar-refractivity contribution in [2.75, 3.05) is 19.6 Å². The second kappa shape index (κ2) is 5.14. The van der Waals surface area contributed by atoms with Crippen LogP contribution in [0, 0.1) is 5.92 Å². The average molecular weight is 256 g/mol. The van der Waals surface area contributed by atoms with Crippen LogP contribution in [0.3, 0.4) is 0 Å². The first-order valence-electron chi connectivity index (χ1n) is 6.47. The van der Waals surface area contributed by atoms with Crippen molar-refractivity contribution in [2.24, 2.45) is 5.92 Å². The van der Waals surface area contributed by atoms with Gasteiger partial charge in [0.1, 0.15) is 6.04 Å². The van der Waals surface area contributed by atoms with Crippen molar-refractivity contribution in [2.45, 2.75) is 38.3 Å². The molecule has 2 rings (SSSR count). The highest BCUT2D eigenvalue weighted by Crippen LogP contribution is 2.24. The number of hydrogen-bond donors (Lipinski definition) is 2. The first-order chi connectivity index (χ1) is 8.50. The Balaban J connectivity index is 1.98. The lowest BCUT2D eigenvalue weighted by molar-refractivity contribution is -0.141. The van der Waals surface area contributed by atoms with E-state index in [0.717, 1.165) is 12.8 Å². The number of rotatable bonds is 2. The van der Waals surface area contributed by atoms with E-state index in [0.29, 0.717) is 26.1 Å². The number of carbonyl (C=O) groups is 2. The maximum Gasteiger partial charge on any atom is 0.326 e. The van der Waals surface area contributed by atoms with Gasteiger partial charge in [0.15, 0.2) is 0 Å². The number of aliphatic carboxylic acids is 1. The molecule has 2 fully saturated rings. The highest BCUT2D eigenvalue weighted by Gasteiger charge is 2.38. The quantitative estimate of drug-likeness (QED) is 0.747. The minimum Gasteiger partial charge on any atom is -0.480 e. The molecule has 2 aliphatic heterocycles. The summed E-state index contributed by atoms with van der Waals surface area (Å²) in [5.41, 5.74) is 0. The number of hydrogen-bond acceptors (Lipinski definition) is 3. The smallest absolute Gasteiger partial charge is 0.326 e. The summed E-state index contributed by atoms with van der Waals surface area (Å²) in [6.45, 7) is 3.39. The van der Waals surface area contributed by atoms with Gasteiger partial charge in [-0.1, -0.05) is 0 Å². The van der Waals surface area contributed by atoms with Crippen molar-refractivity contribution in [3.63, 3.8) is 0 Å². The van der Waals surface area contributed by atoms with E-state index in [1.54, 1.807) is 11.8 Å². The summed E-state index contributed by atoms with van der Waals surface area (Å²) in [6.07, 6.45) is 1.65. The van der Waals surface area contributed by atoms with Gasteiger partial charge in [-0.25, -0.2) is 9.59 Å². The highest BCUT2D eigenvalue weighted by atomic mass is 16.4. The summed E-state index contributed by atoms with van der Waals surface area (Å²) in [6, 6.07) is -0.869. The predicted molar refractivity (Wildman–Crippen MR) is 64.1 cm³/mol. The molecule has 2 amide bonds. The molecular weight excluding hydrogens is 236 g/mol. The standard InChI is InChI=1S/C12H20N2O4/c1-8(15)9-4-6-13(7-9)12(18)14-5-2-3-10(14)11(16)17/h8-10,15H,2-7H2,1H3,(H,16,17). The lowest BCUT2D eigenvalue weighted by Crippen LogP contribution is -2.47. The third-order valence-electron chi connectivity index (χ3n) is 3.96. The molecule has 2 saturated heterocycles. The van der Waals surface area contributed by atoms with Gasteiger partial charge in [0.2, 0.25) is 0 Å². The minimum absolute atomic E-state index is 0.111. The van der Waals surface area contributed by atoms with Crippen LogP contribution < -0.4 is 0 Å². The van der Waals surface area contributed by atoms with E-state index < -0.39 is 18.1 Å². The van der Waals surface area contributed by atoms with Crippen molar-refractivity contribution < 1.29 is 19.8 Å². The molecule has 2 aliphatic rings. The molecule has 0 aliphatic carbocycles. The number of aliphatic hydroxyl groups excluding tert-OH is 1. The SMILES string of the molecule is CC(O)C1CCN(C(=O)N2CCCC2C(=O)O)C1. The fourth-order valence-corrected chi connectivity index (χ4v) is 2.79. The second-order valence-corrected chi connectivity index (χ2v) is 5.21. The van der Waals surface area contributed by atoms with E-state index in [4.69, 9.17) is 5.11 Å². The summed E-state index contributed by atoms with van der Waals surface area (Å²) in [5.74, 6) is -0.813. The zero-order valence-corrected chi connectivity index (χ0v) is 10.6. The highest BCUT2D eigenvalue weighted by molar-refractivity contribution is 5.83. The maximum atomic E-state index is 12.2. The molecule has 102 valence electrons. The monoisotopic (exact) mass is 256 g/mol. The summed E-state index contributed by atoms with van der Waals surface area (Å²) in [7, 11) is 0. The topological polar surface area (TPSA) is 81.1 Å². The van der Waals surface area contributed by atoms with Gasteiger partial charge in [-0.05, 0) is 26.2 Å². The Morgan fingerprint density at radius 2 is 2.00 bits per heavy atom. The number of carboxylic acid groups (broad SMARTS) is 1. The van der Waals surface area contributed by atoms with E-state index >= 15 is 0 Å². The predicted octanol–water partition coefficient (Wildman–Crippen LogP) is 0.358. The summed E-state index contributed by atoms with van der Waals surface area (Å²) < 4.78 is 0. The van der Waals surface area contributed by atoms with E-state index in [-0.39, 0.29) is 11.9 Å². The van der Waals surface area contributed by atoms with Gasteiger partial charge in [-0.2, -0.15) is 0 Å². The van der Waals surface area contributed by atoms with Crippen molar-refractivity contribution in [1.29, 1.82) is 0 Å². The van der Waals surface area contributed by atoms with E-state index in [9.17, 15) is 14.7 Å². The number of likely N-dealkylation sites (tertiary alicyclic amines) is 2. The zero-order valence-electron chi connectivity index (χ0n) is 10.6. The minimum atomic E-state index is -0.924. The average Bonchev–Trinajstić information content (AvgIpc) is 2.97. The van der Waals surface area contributed by atoms with Crippen LogP contribution in [-0.4, -0.2) is 63.8 Å². The number of nitrogens with zero attached hydrogens (tertiary/aromatic N) is 2. The van der Waals surface area contributed by atoms with Crippen molar-refractivity contribution in [3.05, 3.63) is 0 Å². The molecular formula is C12H20N2O4. The molecule has 2 N–H and O–H groups in total. The first-order valence-corrected chi connectivity index (χ1v) is 6.47. The molecule has 3 atom stereocenters. The third-order valence-corrected chi connectivity index (χ3v) is 3.96. The Hall–Kier alpha value is -1.30. The first kappa shape index (κ1) is 13.1. The number of aliphatic hydroxyl groups is 1. The fraction of sp³-hybridized carbons (Fsp3) is 0.833. The van der Waals surface area contributed by atoms with Crippen LogP contribution in [0.5, 0.6) is 0 Å². The van der Waals surface area contributed by atoms with E-state index in [1.807, 2.05) is 0 Å². The van der Waals surface area contributed by atoms with Gasteiger partial charge in [0.05, 0.1) is 6.10 Å². The number of carboxylic acids is 1.